The minimum Gasteiger partial charge on any atom is -0.264 e. The van der Waals surface area contributed by atoms with Crippen LogP contribution >= 0.6 is 12.6 Å². The van der Waals surface area contributed by atoms with Crippen molar-refractivity contribution < 1.29 is 0 Å². The normalized spacial score (nSPS) is 11.4. The Bertz CT molecular complexity index is 764. The van der Waals surface area contributed by atoms with Crippen LogP contribution in [0.5, 0.6) is 0 Å². The zero-order valence-electron chi connectivity index (χ0n) is 12.8. The lowest BCUT2D eigenvalue weighted by Crippen LogP contribution is -2.18. The molecule has 0 N–H and O–H groups in total. The van der Waals surface area contributed by atoms with Gasteiger partial charge < -0.3 is 0 Å². The van der Waals surface area contributed by atoms with E-state index in [2.05, 4.69) is 86.1 Å². The van der Waals surface area contributed by atoms with Gasteiger partial charge in [-0.15, -0.1) is 12.6 Å². The molecular formula is C20H19NS. The lowest BCUT2D eigenvalue weighted by atomic mass is 9.77. The molecule has 0 aliphatic carbocycles. The molecule has 3 aromatic rings. The highest BCUT2D eigenvalue weighted by atomic mass is 32.1. The molecule has 1 heterocycles. The molecule has 0 atom stereocenters. The summed E-state index contributed by atoms with van der Waals surface area (Å²) >= 11 is 4.60. The fourth-order valence-electron chi connectivity index (χ4n) is 2.69. The summed E-state index contributed by atoms with van der Waals surface area (Å²) in [5.74, 6) is 0. The summed E-state index contributed by atoms with van der Waals surface area (Å²) in [7, 11) is 0. The minimum absolute atomic E-state index is 0.0725. The summed E-state index contributed by atoms with van der Waals surface area (Å²) in [6.45, 7) is 4.50. The van der Waals surface area contributed by atoms with Crippen LogP contribution in [0.1, 0.15) is 25.0 Å². The predicted molar refractivity (Wildman–Crippen MR) is 95.5 cm³/mol. The third-order valence-electron chi connectivity index (χ3n) is 4.13. The van der Waals surface area contributed by atoms with Crippen molar-refractivity contribution in [3.63, 3.8) is 0 Å². The van der Waals surface area contributed by atoms with Gasteiger partial charge in [0, 0.05) is 28.3 Å². The van der Waals surface area contributed by atoms with Gasteiger partial charge in [0.05, 0.1) is 0 Å². The SMILES string of the molecule is CC(C)(c1ccccc1)c1cc(S)cc(-c2cccnc2)c1. The molecule has 3 rings (SSSR count). The third kappa shape index (κ3) is 2.93. The molecule has 0 radical (unpaired) electrons. The van der Waals surface area contributed by atoms with Crippen LogP contribution in [0.3, 0.4) is 0 Å². The van der Waals surface area contributed by atoms with Crippen LogP contribution in [0.25, 0.3) is 11.1 Å². The number of nitrogens with zero attached hydrogens (tertiary/aromatic N) is 1. The average molecular weight is 305 g/mol. The molecule has 22 heavy (non-hydrogen) atoms. The van der Waals surface area contributed by atoms with Crippen molar-refractivity contribution >= 4 is 12.6 Å². The fraction of sp³-hybridized carbons (Fsp3) is 0.150. The Labute approximate surface area is 137 Å². The first-order valence-electron chi connectivity index (χ1n) is 7.38. The maximum atomic E-state index is 4.60. The van der Waals surface area contributed by atoms with E-state index in [1.807, 2.05) is 12.3 Å². The summed E-state index contributed by atoms with van der Waals surface area (Å²) in [5, 5.41) is 0. The second-order valence-electron chi connectivity index (χ2n) is 6.00. The number of thiol groups is 1. The molecule has 0 saturated heterocycles. The molecule has 0 aliphatic heterocycles. The van der Waals surface area contributed by atoms with Crippen LogP contribution in [0.15, 0.2) is 78.0 Å². The third-order valence-corrected chi connectivity index (χ3v) is 4.39. The number of rotatable bonds is 3. The van der Waals surface area contributed by atoms with Crippen molar-refractivity contribution in [2.45, 2.75) is 24.2 Å². The van der Waals surface area contributed by atoms with Crippen LogP contribution in [0.4, 0.5) is 0 Å². The molecule has 0 saturated carbocycles. The second-order valence-corrected chi connectivity index (χ2v) is 6.52. The highest BCUT2D eigenvalue weighted by Crippen LogP contribution is 2.35. The molecule has 2 heteroatoms. The van der Waals surface area contributed by atoms with Crippen LogP contribution in [-0.2, 0) is 5.41 Å². The summed E-state index contributed by atoms with van der Waals surface area (Å²) in [4.78, 5) is 5.19. The maximum Gasteiger partial charge on any atom is 0.0346 e. The van der Waals surface area contributed by atoms with Crippen molar-refractivity contribution in [1.29, 1.82) is 0 Å². The lowest BCUT2D eigenvalue weighted by molar-refractivity contribution is 0.639. The van der Waals surface area contributed by atoms with E-state index in [9.17, 15) is 0 Å². The highest BCUT2D eigenvalue weighted by Gasteiger charge is 2.23. The lowest BCUT2D eigenvalue weighted by Gasteiger charge is -2.27. The molecule has 0 unspecified atom stereocenters. The van der Waals surface area contributed by atoms with Gasteiger partial charge in [0.1, 0.15) is 0 Å². The number of benzene rings is 2. The van der Waals surface area contributed by atoms with Gasteiger partial charge in [-0.3, -0.25) is 4.98 Å². The first-order chi connectivity index (χ1) is 10.6. The molecule has 1 nitrogen and oxygen atoms in total. The molecular weight excluding hydrogens is 286 g/mol. The topological polar surface area (TPSA) is 12.9 Å². The first kappa shape index (κ1) is 14.9. The van der Waals surface area contributed by atoms with E-state index in [0.29, 0.717) is 0 Å². The first-order valence-corrected chi connectivity index (χ1v) is 7.82. The Hall–Kier alpha value is -2.06. The number of hydrogen-bond acceptors (Lipinski definition) is 2. The van der Waals surface area contributed by atoms with E-state index >= 15 is 0 Å². The number of hydrogen-bond donors (Lipinski definition) is 1. The van der Waals surface area contributed by atoms with Crippen LogP contribution < -0.4 is 0 Å². The van der Waals surface area contributed by atoms with Gasteiger partial charge in [0.15, 0.2) is 0 Å². The smallest absolute Gasteiger partial charge is 0.0346 e. The van der Waals surface area contributed by atoms with Gasteiger partial charge in [-0.05, 0) is 34.9 Å². The zero-order chi connectivity index (χ0) is 15.6. The van der Waals surface area contributed by atoms with Crippen LogP contribution in [0, 0.1) is 0 Å². The maximum absolute atomic E-state index is 4.60. The van der Waals surface area contributed by atoms with E-state index in [0.717, 1.165) is 16.0 Å². The van der Waals surface area contributed by atoms with E-state index in [1.165, 1.54) is 11.1 Å². The number of aromatic nitrogens is 1. The van der Waals surface area contributed by atoms with Gasteiger partial charge in [-0.1, -0.05) is 56.3 Å². The largest absolute Gasteiger partial charge is 0.264 e. The van der Waals surface area contributed by atoms with Gasteiger partial charge >= 0.3 is 0 Å². The fourth-order valence-corrected chi connectivity index (χ4v) is 2.97. The number of pyridine rings is 1. The van der Waals surface area contributed by atoms with Gasteiger partial charge in [-0.25, -0.2) is 0 Å². The monoisotopic (exact) mass is 305 g/mol. The molecule has 110 valence electrons. The molecule has 0 amide bonds. The average Bonchev–Trinajstić information content (AvgIpc) is 2.56. The van der Waals surface area contributed by atoms with Gasteiger partial charge in [0.2, 0.25) is 0 Å². The van der Waals surface area contributed by atoms with E-state index in [-0.39, 0.29) is 5.41 Å². The quantitative estimate of drug-likeness (QED) is 0.642. The summed E-state index contributed by atoms with van der Waals surface area (Å²) in [5.41, 5.74) is 4.75. The Balaban J connectivity index is 2.10. The van der Waals surface area contributed by atoms with E-state index < -0.39 is 0 Å². The summed E-state index contributed by atoms with van der Waals surface area (Å²) in [6.07, 6.45) is 3.69. The molecule has 2 aromatic carbocycles. The summed E-state index contributed by atoms with van der Waals surface area (Å²) in [6, 6.07) is 21.1. The van der Waals surface area contributed by atoms with Gasteiger partial charge in [-0.2, -0.15) is 0 Å². The molecule has 0 fully saturated rings. The molecule has 1 aromatic heterocycles. The van der Waals surface area contributed by atoms with Crippen molar-refractivity contribution in [1.82, 2.24) is 4.98 Å². The van der Waals surface area contributed by atoms with Crippen LogP contribution in [-0.4, -0.2) is 4.98 Å². The predicted octanol–water partition coefficient (Wildman–Crippen LogP) is 5.36. The van der Waals surface area contributed by atoms with Crippen molar-refractivity contribution in [3.05, 3.63) is 84.2 Å². The minimum atomic E-state index is -0.0725. The Morgan fingerprint density at radius 2 is 1.59 bits per heavy atom. The Morgan fingerprint density at radius 1 is 0.818 bits per heavy atom. The van der Waals surface area contributed by atoms with Crippen molar-refractivity contribution in [2.75, 3.05) is 0 Å². The van der Waals surface area contributed by atoms with Crippen LogP contribution in [0.2, 0.25) is 0 Å². The highest BCUT2D eigenvalue weighted by molar-refractivity contribution is 7.80. The molecule has 0 aliphatic rings. The van der Waals surface area contributed by atoms with E-state index in [1.54, 1.807) is 6.20 Å². The van der Waals surface area contributed by atoms with Gasteiger partial charge in [0.25, 0.3) is 0 Å². The standard InChI is InChI=1S/C20H19NS/c1-20(2,17-8-4-3-5-9-17)18-11-16(12-19(22)13-18)15-7-6-10-21-14-15/h3-14,22H,1-2H3. The molecule has 0 spiro atoms. The zero-order valence-corrected chi connectivity index (χ0v) is 13.7. The van der Waals surface area contributed by atoms with E-state index in [4.69, 9.17) is 0 Å². The Morgan fingerprint density at radius 3 is 2.27 bits per heavy atom. The van der Waals surface area contributed by atoms with Crippen molar-refractivity contribution in [2.24, 2.45) is 0 Å². The van der Waals surface area contributed by atoms with Crippen molar-refractivity contribution in [3.8, 4) is 11.1 Å². The second kappa shape index (κ2) is 5.98. The Kier molecular flexibility index (Phi) is 4.04. The molecule has 0 bridgehead atoms. The summed E-state index contributed by atoms with van der Waals surface area (Å²) < 4.78 is 0.